The van der Waals surface area contributed by atoms with Gasteiger partial charge in [-0.2, -0.15) is 0 Å². The molecule has 0 aliphatic rings. The maximum Gasteiger partial charge on any atom is 0.254 e. The Labute approximate surface area is 193 Å². The van der Waals surface area contributed by atoms with Crippen molar-refractivity contribution in [3.63, 3.8) is 0 Å². The van der Waals surface area contributed by atoms with E-state index in [1.165, 1.54) is 4.90 Å². The number of carbonyl (C=O) groups is 2. The Morgan fingerprint density at radius 3 is 2.50 bits per heavy atom. The summed E-state index contributed by atoms with van der Waals surface area (Å²) in [5, 5.41) is 6.87. The van der Waals surface area contributed by atoms with Crippen molar-refractivity contribution in [1.29, 1.82) is 0 Å². The lowest BCUT2D eigenvalue weighted by Gasteiger charge is -2.22. The van der Waals surface area contributed by atoms with Crippen LogP contribution in [0.3, 0.4) is 0 Å². The second-order valence-corrected chi connectivity index (χ2v) is 7.61. The van der Waals surface area contributed by atoms with E-state index in [9.17, 15) is 22.8 Å². The number of amides is 2. The fourth-order valence-electron chi connectivity index (χ4n) is 3.56. The number of rotatable bonds is 7. The topological polar surface area (TPSA) is 75.4 Å². The number of nitrogens with zero attached hydrogens (tertiary/aromatic N) is 2. The molecule has 34 heavy (non-hydrogen) atoms. The van der Waals surface area contributed by atoms with Gasteiger partial charge in [0.05, 0.1) is 11.1 Å². The number of nitrogens with one attached hydrogen (secondary N) is 1. The molecule has 0 fully saturated rings. The van der Waals surface area contributed by atoms with Crippen LogP contribution in [0.2, 0.25) is 0 Å². The van der Waals surface area contributed by atoms with E-state index in [2.05, 4.69) is 10.5 Å². The molecule has 9 heteroatoms. The maximum absolute atomic E-state index is 13.9. The van der Waals surface area contributed by atoms with Crippen LogP contribution in [0.4, 0.5) is 18.9 Å². The summed E-state index contributed by atoms with van der Waals surface area (Å²) in [7, 11) is 0. The van der Waals surface area contributed by atoms with Gasteiger partial charge < -0.3 is 14.7 Å². The van der Waals surface area contributed by atoms with Gasteiger partial charge in [-0.3, -0.25) is 9.59 Å². The molecule has 0 atom stereocenters. The molecule has 4 aromatic rings. The second kappa shape index (κ2) is 9.78. The number of anilines is 1. The standard InChI is InChI=1S/C25H20F3N3O3/c1-2-12-31(14-21(32)29-20-11-9-18(26)22(27)23(20)28)25(33)16-8-10-19-17(13-16)24(34-30-19)15-6-4-3-5-7-15/h3-11,13H,2,12,14H2,1H3,(H,29,32). The predicted molar refractivity (Wildman–Crippen MR) is 121 cm³/mol. The Balaban J connectivity index is 1.57. The first-order valence-electron chi connectivity index (χ1n) is 10.6. The fraction of sp³-hybridized carbons (Fsp3) is 0.160. The molecular weight excluding hydrogens is 447 g/mol. The predicted octanol–water partition coefficient (Wildman–Crippen LogP) is 5.40. The number of benzene rings is 3. The third-order valence-electron chi connectivity index (χ3n) is 5.18. The van der Waals surface area contributed by atoms with E-state index in [0.717, 1.165) is 11.6 Å². The molecule has 1 N–H and O–H groups in total. The molecule has 174 valence electrons. The highest BCUT2D eigenvalue weighted by Gasteiger charge is 2.22. The first kappa shape index (κ1) is 23.0. The molecule has 1 aromatic heterocycles. The average molecular weight is 467 g/mol. The van der Waals surface area contributed by atoms with Gasteiger partial charge >= 0.3 is 0 Å². The quantitative estimate of drug-likeness (QED) is 0.369. The van der Waals surface area contributed by atoms with Crippen molar-refractivity contribution in [2.75, 3.05) is 18.4 Å². The van der Waals surface area contributed by atoms with Crippen molar-refractivity contribution in [3.8, 4) is 11.3 Å². The smallest absolute Gasteiger partial charge is 0.254 e. The van der Waals surface area contributed by atoms with Gasteiger partial charge in [0.2, 0.25) is 5.91 Å². The summed E-state index contributed by atoms with van der Waals surface area (Å²) in [6, 6.07) is 15.8. The molecule has 0 bridgehead atoms. The van der Waals surface area contributed by atoms with Crippen LogP contribution in [-0.4, -0.2) is 35.0 Å². The van der Waals surface area contributed by atoms with Crippen molar-refractivity contribution in [3.05, 3.63) is 83.7 Å². The highest BCUT2D eigenvalue weighted by Crippen LogP contribution is 2.29. The zero-order valence-corrected chi connectivity index (χ0v) is 18.1. The molecule has 0 aliphatic heterocycles. The number of carbonyl (C=O) groups excluding carboxylic acids is 2. The number of fused-ring (bicyclic) bond motifs is 1. The minimum atomic E-state index is -1.68. The summed E-state index contributed by atoms with van der Waals surface area (Å²) in [6.07, 6.45) is 0.559. The molecule has 0 radical (unpaired) electrons. The van der Waals surface area contributed by atoms with Crippen molar-refractivity contribution < 1.29 is 27.3 Å². The summed E-state index contributed by atoms with van der Waals surface area (Å²) in [5.74, 6) is -5.22. The van der Waals surface area contributed by atoms with Crippen LogP contribution in [-0.2, 0) is 4.79 Å². The van der Waals surface area contributed by atoms with Gasteiger partial charge in [0, 0.05) is 17.7 Å². The number of halogens is 3. The van der Waals surface area contributed by atoms with E-state index in [1.807, 2.05) is 37.3 Å². The number of hydrogen-bond acceptors (Lipinski definition) is 4. The molecule has 3 aromatic carbocycles. The van der Waals surface area contributed by atoms with E-state index >= 15 is 0 Å². The van der Waals surface area contributed by atoms with E-state index in [-0.39, 0.29) is 6.54 Å². The van der Waals surface area contributed by atoms with Crippen molar-refractivity contribution >= 4 is 28.4 Å². The van der Waals surface area contributed by atoms with Crippen molar-refractivity contribution in [2.24, 2.45) is 0 Å². The summed E-state index contributed by atoms with van der Waals surface area (Å²) >= 11 is 0. The van der Waals surface area contributed by atoms with Gasteiger partial charge in [-0.15, -0.1) is 0 Å². The normalized spacial score (nSPS) is 10.9. The zero-order valence-electron chi connectivity index (χ0n) is 18.1. The molecule has 0 saturated carbocycles. The summed E-state index contributed by atoms with van der Waals surface area (Å²) in [4.78, 5) is 27.0. The Kier molecular flexibility index (Phi) is 6.62. The van der Waals surface area contributed by atoms with Crippen LogP contribution < -0.4 is 5.32 Å². The van der Waals surface area contributed by atoms with Crippen LogP contribution in [0.1, 0.15) is 23.7 Å². The van der Waals surface area contributed by atoms with Crippen LogP contribution >= 0.6 is 0 Å². The lowest BCUT2D eigenvalue weighted by molar-refractivity contribution is -0.116. The maximum atomic E-state index is 13.9. The minimum Gasteiger partial charge on any atom is -0.355 e. The monoisotopic (exact) mass is 467 g/mol. The minimum absolute atomic E-state index is 0.250. The summed E-state index contributed by atoms with van der Waals surface area (Å²) in [6.45, 7) is 1.68. The Morgan fingerprint density at radius 2 is 1.76 bits per heavy atom. The fourth-order valence-corrected chi connectivity index (χ4v) is 3.56. The first-order valence-corrected chi connectivity index (χ1v) is 10.6. The van der Waals surface area contributed by atoms with Crippen molar-refractivity contribution in [2.45, 2.75) is 13.3 Å². The van der Waals surface area contributed by atoms with Crippen molar-refractivity contribution in [1.82, 2.24) is 10.1 Å². The van der Waals surface area contributed by atoms with E-state index in [1.54, 1.807) is 18.2 Å². The van der Waals surface area contributed by atoms with Gasteiger partial charge in [0.25, 0.3) is 5.91 Å². The molecular formula is C25H20F3N3O3. The largest absolute Gasteiger partial charge is 0.355 e. The van der Waals surface area contributed by atoms with Gasteiger partial charge in [0.1, 0.15) is 12.1 Å². The molecule has 0 aliphatic carbocycles. The Bertz CT molecular complexity index is 1360. The average Bonchev–Trinajstić information content (AvgIpc) is 3.27. The number of hydrogen-bond donors (Lipinski definition) is 1. The van der Waals surface area contributed by atoms with Gasteiger partial charge in [-0.05, 0) is 36.8 Å². The highest BCUT2D eigenvalue weighted by molar-refractivity contribution is 6.03. The summed E-state index contributed by atoms with van der Waals surface area (Å²) < 4.78 is 46.0. The molecule has 0 saturated heterocycles. The lowest BCUT2D eigenvalue weighted by atomic mass is 10.1. The third kappa shape index (κ3) is 4.63. The molecule has 2 amide bonds. The molecule has 4 rings (SSSR count). The van der Waals surface area contributed by atoms with E-state index in [0.29, 0.717) is 34.7 Å². The third-order valence-corrected chi connectivity index (χ3v) is 5.18. The summed E-state index contributed by atoms with van der Waals surface area (Å²) in [5.41, 5.74) is 1.18. The Hall–Kier alpha value is -4.14. The van der Waals surface area contributed by atoms with Gasteiger partial charge in [0.15, 0.2) is 23.2 Å². The van der Waals surface area contributed by atoms with E-state index < -0.39 is 41.5 Å². The second-order valence-electron chi connectivity index (χ2n) is 7.61. The molecule has 1 heterocycles. The van der Waals surface area contributed by atoms with Crippen LogP contribution in [0.25, 0.3) is 22.2 Å². The van der Waals surface area contributed by atoms with Crippen LogP contribution in [0.15, 0.2) is 65.2 Å². The molecule has 0 unspecified atom stereocenters. The molecule has 6 nitrogen and oxygen atoms in total. The van der Waals surface area contributed by atoms with Gasteiger partial charge in [-0.1, -0.05) is 42.4 Å². The lowest BCUT2D eigenvalue weighted by Crippen LogP contribution is -2.38. The highest BCUT2D eigenvalue weighted by atomic mass is 19.2. The van der Waals surface area contributed by atoms with E-state index in [4.69, 9.17) is 4.52 Å². The first-order chi connectivity index (χ1) is 16.4. The molecule has 0 spiro atoms. The van der Waals surface area contributed by atoms with Crippen LogP contribution in [0, 0.1) is 17.5 Å². The Morgan fingerprint density at radius 1 is 1.00 bits per heavy atom. The van der Waals surface area contributed by atoms with Gasteiger partial charge in [-0.25, -0.2) is 13.2 Å². The zero-order chi connectivity index (χ0) is 24.2. The number of aromatic nitrogens is 1. The SMILES string of the molecule is CCCN(CC(=O)Nc1ccc(F)c(F)c1F)C(=O)c1ccc2noc(-c3ccccc3)c2c1. The van der Waals surface area contributed by atoms with Crippen LogP contribution in [0.5, 0.6) is 0 Å².